The van der Waals surface area contributed by atoms with Gasteiger partial charge in [-0.25, -0.2) is 0 Å². The number of rotatable bonds is 7. The van der Waals surface area contributed by atoms with Gasteiger partial charge in [0.1, 0.15) is 0 Å². The van der Waals surface area contributed by atoms with Gasteiger partial charge in [-0.3, -0.25) is 0 Å². The van der Waals surface area contributed by atoms with E-state index in [9.17, 15) is 0 Å². The van der Waals surface area contributed by atoms with E-state index in [4.69, 9.17) is 0 Å². The minimum absolute atomic E-state index is 1.01. The average molecular weight is 436 g/mol. The zero-order valence-corrected chi connectivity index (χ0v) is 20.8. The van der Waals surface area contributed by atoms with Gasteiger partial charge in [0.2, 0.25) is 4.20 Å². The third-order valence-corrected chi connectivity index (χ3v) is 11.7. The molecule has 0 bridgehead atoms. The van der Waals surface area contributed by atoms with E-state index in [1.807, 2.05) is 0 Å². The Bertz CT molecular complexity index is 489. The van der Waals surface area contributed by atoms with Crippen molar-refractivity contribution in [2.45, 2.75) is 116 Å². The molecule has 0 radical (unpaired) electrons. The Morgan fingerprint density at radius 2 is 1.17 bits per heavy atom. The van der Waals surface area contributed by atoms with Crippen molar-refractivity contribution >= 4 is 27.3 Å². The van der Waals surface area contributed by atoms with E-state index in [2.05, 4.69) is 30.0 Å². The zero-order chi connectivity index (χ0) is 19.9. The highest BCUT2D eigenvalue weighted by atomic mass is 32.2. The van der Waals surface area contributed by atoms with Gasteiger partial charge in [0, 0.05) is 18.6 Å². The molecule has 2 heteroatoms. The fourth-order valence-corrected chi connectivity index (χ4v) is 9.48. The summed E-state index contributed by atoms with van der Waals surface area (Å²) in [5.41, 5.74) is 0. The smallest absolute Gasteiger partial charge is 0.0697 e. The molecule has 3 aliphatic carbocycles. The summed E-state index contributed by atoms with van der Waals surface area (Å²) in [6, 6.07) is 0. The molecule has 0 atom stereocenters. The fraction of sp³-hybridized carbons (Fsp3) is 0.963. The van der Waals surface area contributed by atoms with Crippen LogP contribution in [0.2, 0.25) is 0 Å². The van der Waals surface area contributed by atoms with Crippen LogP contribution in [-0.4, -0.2) is 15.7 Å². The summed E-state index contributed by atoms with van der Waals surface area (Å²) in [6.45, 7) is 2.46. The van der Waals surface area contributed by atoms with E-state index in [0.29, 0.717) is 0 Å². The topological polar surface area (TPSA) is 0 Å². The molecule has 0 saturated heterocycles. The normalized spacial score (nSPS) is 39.1. The molecule has 0 aromatic rings. The molecular weight excluding hydrogens is 388 g/mol. The molecule has 0 spiro atoms. The summed E-state index contributed by atoms with van der Waals surface area (Å²) >= 11 is 4.33. The van der Waals surface area contributed by atoms with Gasteiger partial charge in [0.25, 0.3) is 0 Å². The molecular formula is C27H47S2+. The van der Waals surface area contributed by atoms with E-state index >= 15 is 0 Å². The van der Waals surface area contributed by atoms with E-state index < -0.39 is 0 Å². The number of hydrogen-bond donors (Lipinski definition) is 0. The second-order valence-corrected chi connectivity index (χ2v) is 14.0. The monoisotopic (exact) mass is 435 g/mol. The minimum Gasteiger partial charge on any atom is -0.0697 e. The van der Waals surface area contributed by atoms with Crippen LogP contribution in [-0.2, 0) is 11.4 Å². The number of hydrogen-bond acceptors (Lipinski definition) is 1. The zero-order valence-electron chi connectivity index (χ0n) is 19.2. The standard InChI is InChI=1S/C27H47S2/c1-21-3-5-23(6-4-21)19-25-11-13-26(14-12-25)20-24-9-7-22(8-10-24)15-16-27-28-17-2-18-29-27/h21-26H,2-20H2,1H3/q+1. The third-order valence-electron chi connectivity index (χ3n) is 8.97. The van der Waals surface area contributed by atoms with Crippen molar-refractivity contribution < 1.29 is 0 Å². The second-order valence-electron chi connectivity index (χ2n) is 11.3. The highest BCUT2D eigenvalue weighted by Crippen LogP contribution is 2.42. The van der Waals surface area contributed by atoms with Crippen LogP contribution < -0.4 is 0 Å². The van der Waals surface area contributed by atoms with Crippen LogP contribution in [0.1, 0.15) is 116 Å². The van der Waals surface area contributed by atoms with Crippen LogP contribution in [0.5, 0.6) is 0 Å². The summed E-state index contributed by atoms with van der Waals surface area (Å²) in [7, 11) is 0. The van der Waals surface area contributed by atoms with Crippen LogP contribution in [0.25, 0.3) is 0 Å². The van der Waals surface area contributed by atoms with Crippen molar-refractivity contribution in [3.05, 3.63) is 0 Å². The molecule has 0 N–H and O–H groups in total. The highest BCUT2D eigenvalue weighted by molar-refractivity contribution is 8.22. The molecule has 0 aromatic carbocycles. The molecule has 3 saturated carbocycles. The Hall–Kier alpha value is 0.440. The largest absolute Gasteiger partial charge is 0.234 e. The van der Waals surface area contributed by atoms with Crippen LogP contribution in [0.15, 0.2) is 0 Å². The molecule has 0 unspecified atom stereocenters. The first-order chi connectivity index (χ1) is 14.2. The molecule has 0 aromatic heterocycles. The predicted molar refractivity (Wildman–Crippen MR) is 135 cm³/mol. The van der Waals surface area contributed by atoms with Crippen molar-refractivity contribution in [3.8, 4) is 0 Å². The van der Waals surface area contributed by atoms with E-state index in [1.54, 1.807) is 81.2 Å². The molecule has 1 aliphatic heterocycles. The maximum Gasteiger partial charge on any atom is 0.234 e. The molecule has 4 aliphatic rings. The van der Waals surface area contributed by atoms with Crippen LogP contribution in [0.4, 0.5) is 0 Å². The Morgan fingerprint density at radius 1 is 0.690 bits per heavy atom. The number of thioether (sulfide) groups is 1. The summed E-state index contributed by atoms with van der Waals surface area (Å²) in [5.74, 6) is 9.19. The first kappa shape index (κ1) is 22.6. The van der Waals surface area contributed by atoms with Crippen LogP contribution in [0.3, 0.4) is 0 Å². The Kier molecular flexibility index (Phi) is 9.28. The van der Waals surface area contributed by atoms with E-state index in [-0.39, 0.29) is 0 Å². The van der Waals surface area contributed by atoms with Crippen molar-refractivity contribution in [2.75, 3.05) is 11.5 Å². The molecule has 3 fully saturated rings. The summed E-state index contributed by atoms with van der Waals surface area (Å²) in [4.78, 5) is 0. The van der Waals surface area contributed by atoms with Crippen molar-refractivity contribution in [2.24, 2.45) is 35.5 Å². The molecule has 166 valence electrons. The highest BCUT2D eigenvalue weighted by Gasteiger charge is 2.29. The van der Waals surface area contributed by atoms with E-state index in [1.165, 1.54) is 43.6 Å². The van der Waals surface area contributed by atoms with E-state index in [0.717, 1.165) is 35.5 Å². The molecule has 29 heavy (non-hydrogen) atoms. The van der Waals surface area contributed by atoms with Gasteiger partial charge < -0.3 is 0 Å². The van der Waals surface area contributed by atoms with Gasteiger partial charge in [-0.05, 0) is 54.8 Å². The predicted octanol–water partition coefficient (Wildman–Crippen LogP) is 8.34. The van der Waals surface area contributed by atoms with Crippen molar-refractivity contribution in [1.82, 2.24) is 0 Å². The summed E-state index contributed by atoms with van der Waals surface area (Å²) in [5, 5.41) is 0. The van der Waals surface area contributed by atoms with Crippen molar-refractivity contribution in [1.29, 1.82) is 0 Å². The summed E-state index contributed by atoms with van der Waals surface area (Å²) < 4.78 is 1.76. The molecule has 1 heterocycles. The molecule has 4 rings (SSSR count). The first-order valence-electron chi connectivity index (χ1n) is 13.4. The quantitative estimate of drug-likeness (QED) is 0.286. The van der Waals surface area contributed by atoms with Gasteiger partial charge in [0.05, 0.1) is 0 Å². The van der Waals surface area contributed by atoms with Crippen LogP contribution in [0, 0.1) is 35.5 Å². The lowest BCUT2D eigenvalue weighted by atomic mass is 9.70. The minimum atomic E-state index is 1.01. The van der Waals surface area contributed by atoms with Crippen molar-refractivity contribution in [3.63, 3.8) is 0 Å². The SMILES string of the molecule is CC1CCC(CC2CCC(CC3CCC(CCC4=[S+]CCCS4)CC3)CC2)CC1. The van der Waals surface area contributed by atoms with Gasteiger partial charge in [-0.1, -0.05) is 95.7 Å². The fourth-order valence-electron chi connectivity index (χ4n) is 6.91. The lowest BCUT2D eigenvalue weighted by molar-refractivity contribution is 0.165. The van der Waals surface area contributed by atoms with Gasteiger partial charge in [-0.15, -0.1) is 0 Å². The maximum atomic E-state index is 2.46. The average Bonchev–Trinajstić information content (AvgIpc) is 2.77. The lowest BCUT2D eigenvalue weighted by Crippen LogP contribution is -2.23. The van der Waals surface area contributed by atoms with Gasteiger partial charge >= 0.3 is 0 Å². The van der Waals surface area contributed by atoms with Gasteiger partial charge in [-0.2, -0.15) is 0 Å². The van der Waals surface area contributed by atoms with Crippen LogP contribution >= 0.6 is 11.8 Å². The Balaban J connectivity index is 1.07. The first-order valence-corrected chi connectivity index (χ1v) is 15.3. The molecule has 0 amide bonds. The lowest BCUT2D eigenvalue weighted by Gasteiger charge is -2.36. The summed E-state index contributed by atoms with van der Waals surface area (Å²) in [6.07, 6.45) is 26.1. The molecule has 0 nitrogen and oxygen atoms in total. The van der Waals surface area contributed by atoms with Gasteiger partial charge in [0.15, 0.2) is 17.1 Å². The Morgan fingerprint density at radius 3 is 1.66 bits per heavy atom. The maximum absolute atomic E-state index is 2.46. The second kappa shape index (κ2) is 11.9. The Labute approximate surface area is 190 Å². The third kappa shape index (κ3) is 7.51.